The normalized spacial score (nSPS) is 12.4. The van der Waals surface area contributed by atoms with Crippen molar-refractivity contribution in [3.8, 4) is 0 Å². The smallest absolute Gasteiger partial charge is 0.138 e. The molecule has 4 heteroatoms. The molecule has 0 bridgehead atoms. The van der Waals surface area contributed by atoms with Crippen LogP contribution in [0.15, 0.2) is 35.2 Å². The molecule has 0 aliphatic rings. The van der Waals surface area contributed by atoms with E-state index in [-0.39, 0.29) is 0 Å². The summed E-state index contributed by atoms with van der Waals surface area (Å²) in [6, 6.07) is 10.7. The molecule has 0 aliphatic carbocycles. The third-order valence-electron chi connectivity index (χ3n) is 4.43. The second-order valence-corrected chi connectivity index (χ2v) is 5.84. The molecule has 0 fully saturated rings. The highest BCUT2D eigenvalue weighted by molar-refractivity contribution is 7.80. The summed E-state index contributed by atoms with van der Waals surface area (Å²) in [6.07, 6.45) is 0. The largest absolute Gasteiger partial charge is 0.143 e. The van der Waals surface area contributed by atoms with E-state index in [9.17, 15) is 0 Å². The predicted octanol–water partition coefficient (Wildman–Crippen LogP) is -0.789. The third-order valence-corrected chi connectivity index (χ3v) is 5.01. The van der Waals surface area contributed by atoms with Gasteiger partial charge in [-0.05, 0) is 23.6 Å². The average molecular weight is 264 g/mol. The first kappa shape index (κ1) is 14.4. The Labute approximate surface area is 124 Å². The van der Waals surface area contributed by atoms with Gasteiger partial charge in [-0.25, -0.2) is 0 Å². The number of hydrogen-bond acceptors (Lipinski definition) is 1. The standard InChI is InChI=1S/C15H19B3S/c1-8(10-6-4-3-5-7-10)11-13(17)14(18)12(16)9(2)15(11)19/h3-8,19H,16-18H2,1-2H3. The molecule has 1 atom stereocenters. The van der Waals surface area contributed by atoms with Crippen molar-refractivity contribution in [2.24, 2.45) is 0 Å². The Balaban J connectivity index is 2.64. The van der Waals surface area contributed by atoms with E-state index < -0.39 is 0 Å². The van der Waals surface area contributed by atoms with Crippen LogP contribution in [-0.4, -0.2) is 23.5 Å². The summed E-state index contributed by atoms with van der Waals surface area (Å²) in [5, 5.41) is 0. The van der Waals surface area contributed by atoms with Crippen LogP contribution in [-0.2, 0) is 0 Å². The van der Waals surface area contributed by atoms with Crippen LogP contribution < -0.4 is 16.4 Å². The van der Waals surface area contributed by atoms with Crippen LogP contribution in [0, 0.1) is 6.92 Å². The zero-order valence-corrected chi connectivity index (χ0v) is 13.3. The molecule has 0 aliphatic heterocycles. The molecule has 94 valence electrons. The molecule has 0 saturated heterocycles. The number of benzene rings is 2. The lowest BCUT2D eigenvalue weighted by molar-refractivity contribution is 0.900. The second kappa shape index (κ2) is 5.54. The molecule has 19 heavy (non-hydrogen) atoms. The summed E-state index contributed by atoms with van der Waals surface area (Å²) >= 11 is 4.79. The molecule has 0 spiro atoms. The van der Waals surface area contributed by atoms with Gasteiger partial charge in [0, 0.05) is 10.8 Å². The Hall–Kier alpha value is -1.02. The Morgan fingerprint density at radius 1 is 0.947 bits per heavy atom. The molecule has 0 heterocycles. The third kappa shape index (κ3) is 2.51. The Morgan fingerprint density at radius 2 is 1.53 bits per heavy atom. The van der Waals surface area contributed by atoms with Gasteiger partial charge < -0.3 is 0 Å². The molecule has 2 aromatic rings. The lowest BCUT2D eigenvalue weighted by Crippen LogP contribution is -2.43. The summed E-state index contributed by atoms with van der Waals surface area (Å²) in [5.74, 6) is 0.381. The zero-order chi connectivity index (χ0) is 14.2. The monoisotopic (exact) mass is 264 g/mol. The predicted molar refractivity (Wildman–Crippen MR) is 96.9 cm³/mol. The fourth-order valence-electron chi connectivity index (χ4n) is 2.76. The van der Waals surface area contributed by atoms with Crippen molar-refractivity contribution in [3.05, 3.63) is 47.0 Å². The van der Waals surface area contributed by atoms with E-state index in [0.29, 0.717) is 5.92 Å². The van der Waals surface area contributed by atoms with Crippen LogP contribution in [0.1, 0.15) is 29.5 Å². The number of hydrogen-bond donors (Lipinski definition) is 1. The second-order valence-electron chi connectivity index (χ2n) is 5.39. The summed E-state index contributed by atoms with van der Waals surface area (Å²) in [5.41, 5.74) is 8.17. The molecule has 0 nitrogen and oxygen atoms in total. The zero-order valence-electron chi connectivity index (χ0n) is 12.4. The van der Waals surface area contributed by atoms with E-state index in [2.05, 4.69) is 67.7 Å². The Bertz CT molecular complexity index is 580. The highest BCUT2D eigenvalue weighted by Crippen LogP contribution is 2.28. The van der Waals surface area contributed by atoms with Crippen molar-refractivity contribution in [1.29, 1.82) is 0 Å². The first-order valence-electron chi connectivity index (χ1n) is 6.79. The molecule has 0 radical (unpaired) electrons. The fourth-order valence-corrected chi connectivity index (χ4v) is 3.29. The molecule has 2 aromatic carbocycles. The van der Waals surface area contributed by atoms with Gasteiger partial charge in [0.1, 0.15) is 23.5 Å². The molecule has 0 N–H and O–H groups in total. The minimum Gasteiger partial charge on any atom is -0.143 e. The summed E-state index contributed by atoms with van der Waals surface area (Å²) < 4.78 is 0. The van der Waals surface area contributed by atoms with Gasteiger partial charge in [-0.2, -0.15) is 0 Å². The minimum atomic E-state index is 0.381. The van der Waals surface area contributed by atoms with Crippen LogP contribution in [0.4, 0.5) is 0 Å². The van der Waals surface area contributed by atoms with Gasteiger partial charge in [-0.3, -0.25) is 0 Å². The summed E-state index contributed by atoms with van der Waals surface area (Å²) in [4.78, 5) is 1.15. The highest BCUT2D eigenvalue weighted by Gasteiger charge is 2.18. The molecule has 2 rings (SSSR count). The van der Waals surface area contributed by atoms with Gasteiger partial charge in [0.25, 0.3) is 0 Å². The van der Waals surface area contributed by atoms with E-state index in [1.54, 1.807) is 0 Å². The molecular formula is C15H19B3S. The quantitative estimate of drug-likeness (QED) is 0.533. The SMILES string of the molecule is Bc1c(B)c(C)c(S)c(C(C)c2ccccc2)c1B. The van der Waals surface area contributed by atoms with E-state index in [1.165, 1.54) is 33.1 Å². The maximum atomic E-state index is 4.79. The lowest BCUT2D eigenvalue weighted by Gasteiger charge is -2.23. The van der Waals surface area contributed by atoms with E-state index in [4.69, 9.17) is 12.6 Å². The van der Waals surface area contributed by atoms with Crippen LogP contribution in [0.5, 0.6) is 0 Å². The highest BCUT2D eigenvalue weighted by atomic mass is 32.1. The Kier molecular flexibility index (Phi) is 4.20. The first-order valence-corrected chi connectivity index (χ1v) is 7.24. The molecule has 0 saturated carbocycles. The molecule has 0 amide bonds. The van der Waals surface area contributed by atoms with Crippen molar-refractivity contribution in [1.82, 2.24) is 0 Å². The fraction of sp³-hybridized carbons (Fsp3) is 0.200. The van der Waals surface area contributed by atoms with Crippen LogP contribution in [0.25, 0.3) is 0 Å². The van der Waals surface area contributed by atoms with E-state index >= 15 is 0 Å². The van der Waals surface area contributed by atoms with E-state index in [0.717, 1.165) is 4.90 Å². The van der Waals surface area contributed by atoms with Crippen LogP contribution >= 0.6 is 12.6 Å². The maximum absolute atomic E-state index is 4.79. The Morgan fingerprint density at radius 3 is 2.11 bits per heavy atom. The van der Waals surface area contributed by atoms with Crippen LogP contribution in [0.3, 0.4) is 0 Å². The topological polar surface area (TPSA) is 0 Å². The van der Waals surface area contributed by atoms with Crippen molar-refractivity contribution in [2.75, 3.05) is 0 Å². The lowest BCUT2D eigenvalue weighted by atomic mass is 9.66. The minimum absolute atomic E-state index is 0.381. The van der Waals surface area contributed by atoms with Crippen molar-refractivity contribution >= 4 is 52.6 Å². The molecular weight excluding hydrogens is 245 g/mol. The van der Waals surface area contributed by atoms with Gasteiger partial charge in [0.15, 0.2) is 0 Å². The van der Waals surface area contributed by atoms with Gasteiger partial charge in [0.05, 0.1) is 0 Å². The first-order chi connectivity index (χ1) is 8.95. The van der Waals surface area contributed by atoms with Gasteiger partial charge in [-0.1, -0.05) is 48.2 Å². The van der Waals surface area contributed by atoms with Crippen molar-refractivity contribution < 1.29 is 0 Å². The molecule has 0 aromatic heterocycles. The van der Waals surface area contributed by atoms with Crippen LogP contribution in [0.2, 0.25) is 0 Å². The summed E-state index contributed by atoms with van der Waals surface area (Å²) in [7, 11) is 6.62. The van der Waals surface area contributed by atoms with Crippen molar-refractivity contribution in [3.63, 3.8) is 0 Å². The van der Waals surface area contributed by atoms with Gasteiger partial charge in [-0.15, -0.1) is 18.1 Å². The van der Waals surface area contributed by atoms with Crippen molar-refractivity contribution in [2.45, 2.75) is 24.7 Å². The van der Waals surface area contributed by atoms with Gasteiger partial charge >= 0.3 is 0 Å². The van der Waals surface area contributed by atoms with Gasteiger partial charge in [0.2, 0.25) is 0 Å². The summed E-state index contributed by atoms with van der Waals surface area (Å²) in [6.45, 7) is 4.44. The molecule has 1 unspecified atom stereocenters. The number of rotatable bonds is 2. The van der Waals surface area contributed by atoms with E-state index in [1.807, 2.05) is 0 Å². The number of thiol groups is 1. The average Bonchev–Trinajstić information content (AvgIpc) is 2.44. The maximum Gasteiger partial charge on any atom is 0.138 e.